The molecular formula is C17H32N3O9PSi. The molecule has 178 valence electrons. The minimum Gasteiger partial charge on any atom is -0.412 e. The van der Waals surface area contributed by atoms with E-state index >= 15 is 0 Å². The number of hydrogen-bond acceptors (Lipinski definition) is 9. The van der Waals surface area contributed by atoms with Gasteiger partial charge in [-0.25, -0.2) is 9.36 Å². The van der Waals surface area contributed by atoms with E-state index in [0.29, 0.717) is 5.56 Å². The fourth-order valence-corrected chi connectivity index (χ4v) is 4.37. The van der Waals surface area contributed by atoms with Crippen LogP contribution in [0.4, 0.5) is 5.82 Å². The number of nitrogens with two attached hydrogens (primary N) is 1. The third kappa shape index (κ3) is 6.00. The van der Waals surface area contributed by atoms with E-state index in [0.717, 1.165) is 4.57 Å². The second-order valence-corrected chi connectivity index (χ2v) is 15.2. The standard InChI is InChI=1S/C17H32N3O9PSi/c1-9(29-30(24,25)26)13-11(21)12(22)15(28-13)20-7-10(14(18)19-16(20)23)8-27-31(5,6)17(2,3)4/h7,9,11-13,15,21-22H,8H2,1-6H3,(H2,18,19,23)(H2,24,25,26)/t9?,11-,12+,13+,15+/m0/s1. The number of anilines is 1. The van der Waals surface area contributed by atoms with Gasteiger partial charge >= 0.3 is 13.5 Å². The molecule has 0 saturated carbocycles. The molecule has 0 bridgehead atoms. The van der Waals surface area contributed by atoms with Crippen LogP contribution in [0.2, 0.25) is 18.1 Å². The average Bonchev–Trinajstić information content (AvgIpc) is 2.87. The summed E-state index contributed by atoms with van der Waals surface area (Å²) in [5.74, 6) is -0.0252. The fourth-order valence-electron chi connectivity index (χ4n) is 2.87. The van der Waals surface area contributed by atoms with Crippen LogP contribution in [0.1, 0.15) is 39.5 Å². The number of aromatic nitrogens is 2. The number of aliphatic hydroxyl groups excluding tert-OH is 2. The van der Waals surface area contributed by atoms with Gasteiger partial charge in [-0.05, 0) is 25.1 Å². The minimum absolute atomic E-state index is 0.0252. The van der Waals surface area contributed by atoms with Crippen molar-refractivity contribution in [2.24, 2.45) is 0 Å². The van der Waals surface area contributed by atoms with Gasteiger partial charge in [-0.1, -0.05) is 20.8 Å². The van der Waals surface area contributed by atoms with Crippen LogP contribution in [-0.4, -0.2) is 62.3 Å². The molecule has 0 amide bonds. The quantitative estimate of drug-likeness (QED) is 0.269. The van der Waals surface area contributed by atoms with Crippen LogP contribution in [0, 0.1) is 0 Å². The number of hydrogen-bond donors (Lipinski definition) is 5. The Hall–Kier alpha value is -1.15. The number of nitrogen functional groups attached to an aromatic ring is 1. The first-order chi connectivity index (χ1) is 13.9. The molecule has 0 radical (unpaired) electrons. The van der Waals surface area contributed by atoms with E-state index in [4.69, 9.17) is 24.7 Å². The molecule has 1 aromatic rings. The smallest absolute Gasteiger partial charge is 0.412 e. The van der Waals surface area contributed by atoms with Gasteiger partial charge in [-0.15, -0.1) is 0 Å². The summed E-state index contributed by atoms with van der Waals surface area (Å²) < 4.78 is 28.3. The lowest BCUT2D eigenvalue weighted by Crippen LogP contribution is -2.41. The molecule has 0 spiro atoms. The van der Waals surface area contributed by atoms with Crippen molar-refractivity contribution in [2.75, 3.05) is 5.73 Å². The maximum Gasteiger partial charge on any atom is 0.469 e. The van der Waals surface area contributed by atoms with Gasteiger partial charge in [-0.2, -0.15) is 4.98 Å². The third-order valence-corrected chi connectivity index (χ3v) is 10.9. The number of rotatable bonds is 7. The Morgan fingerprint density at radius 1 is 1.32 bits per heavy atom. The van der Waals surface area contributed by atoms with Crippen LogP contribution >= 0.6 is 7.82 Å². The van der Waals surface area contributed by atoms with Gasteiger partial charge in [0, 0.05) is 11.8 Å². The molecule has 2 heterocycles. The summed E-state index contributed by atoms with van der Waals surface area (Å²) in [6, 6.07) is 0. The molecule has 5 atom stereocenters. The average molecular weight is 482 g/mol. The van der Waals surface area contributed by atoms with E-state index in [1.54, 1.807) is 0 Å². The molecule has 0 aliphatic carbocycles. The highest BCUT2D eigenvalue weighted by molar-refractivity contribution is 7.46. The molecule has 1 aromatic heterocycles. The lowest BCUT2D eigenvalue weighted by Gasteiger charge is -2.36. The summed E-state index contributed by atoms with van der Waals surface area (Å²) in [4.78, 5) is 34.1. The molecule has 12 nitrogen and oxygen atoms in total. The van der Waals surface area contributed by atoms with E-state index in [2.05, 4.69) is 43.4 Å². The van der Waals surface area contributed by atoms with Crippen LogP contribution in [0.15, 0.2) is 11.0 Å². The first-order valence-corrected chi connectivity index (χ1v) is 14.2. The van der Waals surface area contributed by atoms with Crippen LogP contribution in [-0.2, 0) is 24.9 Å². The van der Waals surface area contributed by atoms with E-state index in [9.17, 15) is 19.6 Å². The van der Waals surface area contributed by atoms with Gasteiger partial charge in [0.05, 0.1) is 12.7 Å². The Labute approximate surface area is 181 Å². The zero-order valence-electron chi connectivity index (χ0n) is 18.4. The number of aliphatic hydroxyl groups is 2. The number of nitrogens with zero attached hydrogens (tertiary/aromatic N) is 2. The highest BCUT2D eigenvalue weighted by Crippen LogP contribution is 2.41. The topological polar surface area (TPSA) is 187 Å². The predicted molar refractivity (Wildman–Crippen MR) is 113 cm³/mol. The van der Waals surface area contributed by atoms with E-state index in [-0.39, 0.29) is 17.5 Å². The van der Waals surface area contributed by atoms with Gasteiger partial charge < -0.3 is 34.9 Å². The lowest BCUT2D eigenvalue weighted by molar-refractivity contribution is -0.0784. The van der Waals surface area contributed by atoms with Crippen molar-refractivity contribution in [3.63, 3.8) is 0 Å². The minimum atomic E-state index is -4.86. The number of phosphoric ester groups is 1. The monoisotopic (exact) mass is 481 g/mol. The van der Waals surface area contributed by atoms with E-state index < -0.39 is 52.5 Å². The third-order valence-electron chi connectivity index (χ3n) is 5.77. The Bertz CT molecular complexity index is 898. The zero-order chi connectivity index (χ0) is 23.9. The van der Waals surface area contributed by atoms with Gasteiger partial charge in [0.15, 0.2) is 14.5 Å². The molecule has 1 unspecified atom stereocenters. The van der Waals surface area contributed by atoms with Crippen molar-refractivity contribution < 1.29 is 38.3 Å². The Morgan fingerprint density at radius 2 is 1.90 bits per heavy atom. The highest BCUT2D eigenvalue weighted by Gasteiger charge is 2.48. The van der Waals surface area contributed by atoms with Crippen molar-refractivity contribution in [3.05, 3.63) is 22.2 Å². The predicted octanol–water partition coefficient (Wildman–Crippen LogP) is 0.464. The van der Waals surface area contributed by atoms with E-state index in [1.165, 1.54) is 13.1 Å². The Morgan fingerprint density at radius 3 is 2.42 bits per heavy atom. The van der Waals surface area contributed by atoms with Crippen molar-refractivity contribution in [2.45, 2.75) is 83.1 Å². The largest absolute Gasteiger partial charge is 0.469 e. The van der Waals surface area contributed by atoms with Crippen molar-refractivity contribution in [1.29, 1.82) is 0 Å². The second-order valence-electron chi connectivity index (χ2n) is 9.16. The fraction of sp³-hybridized carbons (Fsp3) is 0.765. The second kappa shape index (κ2) is 9.00. The summed E-state index contributed by atoms with van der Waals surface area (Å²) in [5, 5.41) is 20.6. The maximum atomic E-state index is 12.4. The van der Waals surface area contributed by atoms with Gasteiger partial charge in [-0.3, -0.25) is 9.09 Å². The van der Waals surface area contributed by atoms with Crippen molar-refractivity contribution in [1.82, 2.24) is 9.55 Å². The summed E-state index contributed by atoms with van der Waals surface area (Å²) in [7, 11) is -6.99. The molecule has 1 aliphatic rings. The van der Waals surface area contributed by atoms with Crippen molar-refractivity contribution in [3.8, 4) is 0 Å². The maximum absolute atomic E-state index is 12.4. The molecule has 14 heteroatoms. The Balaban J connectivity index is 2.29. The van der Waals surface area contributed by atoms with Crippen LogP contribution in [0.25, 0.3) is 0 Å². The number of ether oxygens (including phenoxy) is 1. The zero-order valence-corrected chi connectivity index (χ0v) is 20.3. The SMILES string of the molecule is CC(OP(=O)(O)O)[C@H]1O[C@@H](n2cc(CO[Si](C)(C)C(C)(C)C)c(N)nc2=O)[C@H](O)[C@@H]1O. The van der Waals surface area contributed by atoms with Crippen LogP contribution in [0.5, 0.6) is 0 Å². The van der Waals surface area contributed by atoms with Gasteiger partial charge in [0.2, 0.25) is 0 Å². The first-order valence-electron chi connectivity index (χ1n) is 9.71. The van der Waals surface area contributed by atoms with Gasteiger partial charge in [0.1, 0.15) is 24.1 Å². The number of phosphoric acid groups is 1. The van der Waals surface area contributed by atoms with Gasteiger partial charge in [0.25, 0.3) is 0 Å². The molecule has 0 aromatic carbocycles. The molecular weight excluding hydrogens is 449 g/mol. The Kier molecular flexibility index (Phi) is 7.58. The summed E-state index contributed by atoms with van der Waals surface area (Å²) in [6.45, 7) is 11.7. The molecule has 2 rings (SSSR count). The summed E-state index contributed by atoms with van der Waals surface area (Å²) in [5.41, 5.74) is 5.46. The summed E-state index contributed by atoms with van der Waals surface area (Å²) in [6.07, 6.45) is -5.74. The lowest BCUT2D eigenvalue weighted by atomic mass is 10.1. The highest BCUT2D eigenvalue weighted by atomic mass is 31.2. The molecule has 1 fully saturated rings. The summed E-state index contributed by atoms with van der Waals surface area (Å²) >= 11 is 0. The molecule has 31 heavy (non-hydrogen) atoms. The van der Waals surface area contributed by atoms with Crippen LogP contribution in [0.3, 0.4) is 0 Å². The van der Waals surface area contributed by atoms with Crippen molar-refractivity contribution >= 4 is 22.0 Å². The molecule has 6 N–H and O–H groups in total. The molecule has 1 aliphatic heterocycles. The van der Waals surface area contributed by atoms with Crippen LogP contribution < -0.4 is 11.4 Å². The first kappa shape index (κ1) is 26.1. The van der Waals surface area contributed by atoms with E-state index in [1.807, 2.05) is 0 Å². The normalized spacial score (nSPS) is 26.3. The molecule has 1 saturated heterocycles.